The van der Waals surface area contributed by atoms with E-state index in [1.807, 2.05) is 49.7 Å². The van der Waals surface area contributed by atoms with Gasteiger partial charge in [-0.15, -0.1) is 11.3 Å². The Bertz CT molecular complexity index is 896. The van der Waals surface area contributed by atoms with E-state index in [1.54, 1.807) is 6.07 Å². The minimum absolute atomic E-state index is 0.0169. The molecule has 0 fully saturated rings. The molecule has 1 N–H and O–H groups in total. The van der Waals surface area contributed by atoms with Crippen molar-refractivity contribution in [2.24, 2.45) is 0 Å². The number of hydrogen-bond acceptors (Lipinski definition) is 6. The Morgan fingerprint density at radius 1 is 1.27 bits per heavy atom. The van der Waals surface area contributed by atoms with E-state index in [4.69, 9.17) is 4.74 Å². The number of rotatable bonds is 7. The highest BCUT2D eigenvalue weighted by atomic mass is 32.1. The zero-order valence-corrected chi connectivity index (χ0v) is 15.3. The van der Waals surface area contributed by atoms with Crippen LogP contribution in [0, 0.1) is 10.1 Å². The highest BCUT2D eigenvalue weighted by Gasteiger charge is 2.17. The largest absolute Gasteiger partial charge is 0.488 e. The van der Waals surface area contributed by atoms with Gasteiger partial charge < -0.3 is 10.1 Å². The van der Waals surface area contributed by atoms with Crippen molar-refractivity contribution in [1.82, 2.24) is 10.3 Å². The van der Waals surface area contributed by atoms with E-state index in [0.717, 1.165) is 10.6 Å². The molecule has 1 heterocycles. The predicted octanol–water partition coefficient (Wildman–Crippen LogP) is 4.58. The van der Waals surface area contributed by atoms with Crippen molar-refractivity contribution < 1.29 is 9.66 Å². The number of nitrogens with zero attached hydrogens (tertiary/aromatic N) is 2. The van der Waals surface area contributed by atoms with E-state index in [9.17, 15) is 10.1 Å². The van der Waals surface area contributed by atoms with Crippen LogP contribution in [-0.2, 0) is 6.61 Å². The lowest BCUT2D eigenvalue weighted by molar-refractivity contribution is -0.384. The molecule has 0 saturated carbocycles. The quantitative estimate of drug-likeness (QED) is 0.487. The summed E-state index contributed by atoms with van der Waals surface area (Å²) in [5.74, 6) is 0.577. The fourth-order valence-corrected chi connectivity index (χ4v) is 3.31. The standard InChI is InChI=1S/C19H19N3O3S/c1-13(20-2)19-21-17(12-26-19)16-10-15(22(23)24)8-9-18(16)25-11-14-6-4-3-5-7-14/h3-10,12-13,20H,11H2,1-2H3. The van der Waals surface area contributed by atoms with E-state index in [1.165, 1.54) is 23.5 Å². The Morgan fingerprint density at radius 3 is 2.73 bits per heavy atom. The van der Waals surface area contributed by atoms with Crippen LogP contribution in [0.4, 0.5) is 5.69 Å². The number of nitrogens with one attached hydrogen (secondary N) is 1. The average Bonchev–Trinajstić information content (AvgIpc) is 3.16. The molecule has 1 unspecified atom stereocenters. The molecule has 1 atom stereocenters. The number of nitro benzene ring substituents is 1. The molecule has 0 aliphatic carbocycles. The van der Waals surface area contributed by atoms with Crippen LogP contribution in [0.5, 0.6) is 5.75 Å². The first-order valence-electron chi connectivity index (χ1n) is 8.16. The maximum absolute atomic E-state index is 11.2. The van der Waals surface area contributed by atoms with Crippen molar-refractivity contribution in [2.45, 2.75) is 19.6 Å². The van der Waals surface area contributed by atoms with Gasteiger partial charge in [-0.3, -0.25) is 10.1 Å². The Labute approximate surface area is 155 Å². The summed E-state index contributed by atoms with van der Waals surface area (Å²) < 4.78 is 5.93. The maximum Gasteiger partial charge on any atom is 0.270 e. The zero-order valence-electron chi connectivity index (χ0n) is 14.5. The van der Waals surface area contributed by atoms with Crippen molar-refractivity contribution in [3.63, 3.8) is 0 Å². The van der Waals surface area contributed by atoms with Crippen LogP contribution in [0.1, 0.15) is 23.5 Å². The third-order valence-electron chi connectivity index (χ3n) is 4.01. The lowest BCUT2D eigenvalue weighted by Gasteiger charge is -2.11. The Balaban J connectivity index is 1.93. The fourth-order valence-electron chi connectivity index (χ4n) is 2.43. The van der Waals surface area contributed by atoms with Gasteiger partial charge in [-0.25, -0.2) is 4.98 Å². The summed E-state index contributed by atoms with van der Waals surface area (Å²) in [4.78, 5) is 15.4. The van der Waals surface area contributed by atoms with Gasteiger partial charge in [0.2, 0.25) is 0 Å². The highest BCUT2D eigenvalue weighted by Crippen LogP contribution is 2.35. The summed E-state index contributed by atoms with van der Waals surface area (Å²) in [7, 11) is 1.87. The van der Waals surface area contributed by atoms with Gasteiger partial charge in [-0.05, 0) is 25.6 Å². The van der Waals surface area contributed by atoms with Crippen LogP contribution in [0.15, 0.2) is 53.9 Å². The summed E-state index contributed by atoms with van der Waals surface area (Å²) >= 11 is 1.52. The van der Waals surface area contributed by atoms with Gasteiger partial charge in [0.05, 0.1) is 16.7 Å². The van der Waals surface area contributed by atoms with Crippen molar-refractivity contribution in [3.8, 4) is 17.0 Å². The molecule has 2 aromatic carbocycles. The average molecular weight is 369 g/mol. The molecule has 3 aromatic rings. The molecule has 3 rings (SSSR count). The third kappa shape index (κ3) is 4.07. The van der Waals surface area contributed by atoms with E-state index in [-0.39, 0.29) is 11.7 Å². The molecular formula is C19H19N3O3S. The number of ether oxygens (including phenoxy) is 1. The van der Waals surface area contributed by atoms with Crippen LogP contribution in [0.25, 0.3) is 11.3 Å². The SMILES string of the molecule is CNC(C)c1nc(-c2cc([N+](=O)[O-])ccc2OCc2ccccc2)cs1. The predicted molar refractivity (Wildman–Crippen MR) is 102 cm³/mol. The normalized spacial score (nSPS) is 11.9. The van der Waals surface area contributed by atoms with E-state index in [2.05, 4.69) is 10.3 Å². The molecular weight excluding hydrogens is 350 g/mol. The molecule has 0 aliphatic rings. The number of non-ortho nitro benzene ring substituents is 1. The number of hydrogen-bond donors (Lipinski definition) is 1. The first-order chi connectivity index (χ1) is 12.6. The molecule has 1 aromatic heterocycles. The van der Waals surface area contributed by atoms with E-state index < -0.39 is 4.92 Å². The number of aromatic nitrogens is 1. The van der Waals surface area contributed by atoms with Gasteiger partial charge in [0.25, 0.3) is 5.69 Å². The molecule has 7 heteroatoms. The summed E-state index contributed by atoms with van der Waals surface area (Å²) in [5.41, 5.74) is 2.35. The topological polar surface area (TPSA) is 77.3 Å². The minimum atomic E-state index is -0.409. The van der Waals surface area contributed by atoms with Crippen LogP contribution in [0.3, 0.4) is 0 Å². The molecule has 0 amide bonds. The first kappa shape index (κ1) is 18.0. The minimum Gasteiger partial charge on any atom is -0.488 e. The molecule has 0 bridgehead atoms. The van der Waals surface area contributed by atoms with Gasteiger partial charge in [-0.2, -0.15) is 0 Å². The number of benzene rings is 2. The van der Waals surface area contributed by atoms with Crippen LogP contribution >= 0.6 is 11.3 Å². The summed E-state index contributed by atoms with van der Waals surface area (Å²) in [6.07, 6.45) is 0. The smallest absolute Gasteiger partial charge is 0.270 e. The molecule has 134 valence electrons. The Morgan fingerprint density at radius 2 is 2.04 bits per heavy atom. The molecule has 0 saturated heterocycles. The van der Waals surface area contributed by atoms with Crippen molar-refractivity contribution in [1.29, 1.82) is 0 Å². The van der Waals surface area contributed by atoms with Gasteiger partial charge >= 0.3 is 0 Å². The second-order valence-corrected chi connectivity index (χ2v) is 6.68. The lowest BCUT2D eigenvalue weighted by atomic mass is 10.1. The number of thiazole rings is 1. The monoisotopic (exact) mass is 369 g/mol. The number of nitro groups is 1. The maximum atomic E-state index is 11.2. The van der Waals surface area contributed by atoms with Crippen LogP contribution in [-0.4, -0.2) is 17.0 Å². The second-order valence-electron chi connectivity index (χ2n) is 5.79. The van der Waals surface area contributed by atoms with Gasteiger partial charge in [-0.1, -0.05) is 30.3 Å². The van der Waals surface area contributed by atoms with Crippen LogP contribution in [0.2, 0.25) is 0 Å². The highest BCUT2D eigenvalue weighted by molar-refractivity contribution is 7.10. The fraction of sp³-hybridized carbons (Fsp3) is 0.211. The summed E-state index contributed by atoms with van der Waals surface area (Å²) in [5, 5.41) is 17.1. The molecule has 0 spiro atoms. The molecule has 26 heavy (non-hydrogen) atoms. The molecule has 6 nitrogen and oxygen atoms in total. The van der Waals surface area contributed by atoms with Crippen molar-refractivity contribution >= 4 is 17.0 Å². The van der Waals surface area contributed by atoms with Crippen LogP contribution < -0.4 is 10.1 Å². The van der Waals surface area contributed by atoms with Crippen molar-refractivity contribution in [2.75, 3.05) is 7.05 Å². The van der Waals surface area contributed by atoms with E-state index in [0.29, 0.717) is 23.6 Å². The van der Waals surface area contributed by atoms with E-state index >= 15 is 0 Å². The van der Waals surface area contributed by atoms with Crippen molar-refractivity contribution in [3.05, 3.63) is 74.6 Å². The lowest BCUT2D eigenvalue weighted by Crippen LogP contribution is -2.11. The summed E-state index contributed by atoms with van der Waals surface area (Å²) in [6, 6.07) is 14.5. The summed E-state index contributed by atoms with van der Waals surface area (Å²) in [6.45, 7) is 2.40. The Kier molecular flexibility index (Phi) is 5.60. The first-order valence-corrected chi connectivity index (χ1v) is 9.04. The Hall–Kier alpha value is -2.77. The van der Waals surface area contributed by atoms with Gasteiger partial charge in [0.15, 0.2) is 0 Å². The second kappa shape index (κ2) is 8.07. The van der Waals surface area contributed by atoms with Gasteiger partial charge in [0, 0.05) is 23.1 Å². The zero-order chi connectivity index (χ0) is 18.5. The molecule has 0 aliphatic heterocycles. The third-order valence-corrected chi connectivity index (χ3v) is 5.04. The molecule has 0 radical (unpaired) electrons. The van der Waals surface area contributed by atoms with Gasteiger partial charge in [0.1, 0.15) is 17.4 Å².